The average molecular weight is 374 g/mol. The minimum absolute atomic E-state index is 0.108. The summed E-state index contributed by atoms with van der Waals surface area (Å²) in [5.41, 5.74) is 0.871. The molecule has 1 atom stereocenters. The van der Waals surface area contributed by atoms with E-state index in [2.05, 4.69) is 5.32 Å². The van der Waals surface area contributed by atoms with Crippen molar-refractivity contribution in [3.8, 4) is 5.75 Å². The Hall–Kier alpha value is -2.87. The first-order valence-electron chi connectivity index (χ1n) is 7.93. The normalized spacial score (nSPS) is 16.6. The minimum atomic E-state index is -3.38. The van der Waals surface area contributed by atoms with E-state index >= 15 is 0 Å². The van der Waals surface area contributed by atoms with Crippen LogP contribution in [0.5, 0.6) is 5.75 Å². The molecule has 1 unspecified atom stereocenters. The molecule has 1 heterocycles. The second kappa shape index (κ2) is 6.80. The number of nitrogens with zero attached hydrogens (tertiary/aromatic N) is 1. The second-order valence-corrected chi connectivity index (χ2v) is 8.02. The lowest BCUT2D eigenvalue weighted by Crippen LogP contribution is -2.47. The number of sulfone groups is 1. The van der Waals surface area contributed by atoms with E-state index in [0.29, 0.717) is 17.1 Å². The number of fused-ring (bicyclic) bond motifs is 1. The van der Waals surface area contributed by atoms with Crippen LogP contribution in [-0.2, 0) is 19.4 Å². The maximum absolute atomic E-state index is 12.4. The van der Waals surface area contributed by atoms with Gasteiger partial charge in [-0.25, -0.2) is 8.42 Å². The van der Waals surface area contributed by atoms with Crippen LogP contribution < -0.4 is 15.0 Å². The Morgan fingerprint density at radius 1 is 1.19 bits per heavy atom. The molecule has 0 saturated heterocycles. The van der Waals surface area contributed by atoms with Gasteiger partial charge < -0.3 is 10.1 Å². The lowest BCUT2D eigenvalue weighted by molar-refractivity contribution is -0.127. The molecule has 136 valence electrons. The molecule has 0 bridgehead atoms. The molecule has 3 rings (SSSR count). The van der Waals surface area contributed by atoms with Gasteiger partial charge in [0.15, 0.2) is 15.9 Å². The third-order valence-corrected chi connectivity index (χ3v) is 5.03. The van der Waals surface area contributed by atoms with Crippen molar-refractivity contribution in [3.05, 3.63) is 48.5 Å². The molecule has 2 amide bonds. The van der Waals surface area contributed by atoms with Crippen molar-refractivity contribution < 1.29 is 22.7 Å². The molecule has 1 aliphatic heterocycles. The van der Waals surface area contributed by atoms with Crippen molar-refractivity contribution in [1.82, 2.24) is 0 Å². The third kappa shape index (κ3) is 3.70. The molecule has 0 spiro atoms. The van der Waals surface area contributed by atoms with Crippen molar-refractivity contribution >= 4 is 33.0 Å². The van der Waals surface area contributed by atoms with E-state index in [0.717, 1.165) is 6.26 Å². The standard InChI is InChI=1S/C18H18N2O5S/c1-12-18(22)20(15-8-3-4-9-16(15)25-12)11-17(21)19-13-6-5-7-14(10-13)26(2,23)24/h3-10,12H,11H2,1-2H3,(H,19,21). The van der Waals surface area contributed by atoms with Gasteiger partial charge in [0, 0.05) is 11.9 Å². The number of carbonyl (C=O) groups is 2. The maximum Gasteiger partial charge on any atom is 0.268 e. The van der Waals surface area contributed by atoms with Gasteiger partial charge in [-0.3, -0.25) is 14.5 Å². The molecule has 7 nitrogen and oxygen atoms in total. The molecule has 0 radical (unpaired) electrons. The van der Waals surface area contributed by atoms with Crippen LogP contribution in [0.2, 0.25) is 0 Å². The van der Waals surface area contributed by atoms with E-state index in [4.69, 9.17) is 4.74 Å². The Balaban J connectivity index is 1.79. The van der Waals surface area contributed by atoms with Crippen LogP contribution in [0.15, 0.2) is 53.4 Å². The Bertz CT molecular complexity index is 971. The fourth-order valence-corrected chi connectivity index (χ4v) is 3.34. The van der Waals surface area contributed by atoms with E-state index in [1.54, 1.807) is 43.3 Å². The molecule has 0 fully saturated rings. The summed E-state index contributed by atoms with van der Waals surface area (Å²) in [5, 5.41) is 2.63. The van der Waals surface area contributed by atoms with E-state index in [-0.39, 0.29) is 17.3 Å². The number of hydrogen-bond donors (Lipinski definition) is 1. The SMILES string of the molecule is CC1Oc2ccccc2N(CC(=O)Nc2cccc(S(C)(=O)=O)c2)C1=O. The Kier molecular flexibility index (Phi) is 4.69. The van der Waals surface area contributed by atoms with Gasteiger partial charge in [0.25, 0.3) is 5.91 Å². The summed E-state index contributed by atoms with van der Waals surface area (Å²) < 4.78 is 28.8. The van der Waals surface area contributed by atoms with E-state index < -0.39 is 21.8 Å². The molecule has 1 aliphatic rings. The van der Waals surface area contributed by atoms with Gasteiger partial charge in [-0.15, -0.1) is 0 Å². The lowest BCUT2D eigenvalue weighted by atomic mass is 10.2. The number of carbonyl (C=O) groups excluding carboxylic acids is 2. The van der Waals surface area contributed by atoms with E-state index in [9.17, 15) is 18.0 Å². The number of amides is 2. The summed E-state index contributed by atoms with van der Waals surface area (Å²) in [7, 11) is -3.38. The van der Waals surface area contributed by atoms with E-state index in [1.165, 1.54) is 17.0 Å². The van der Waals surface area contributed by atoms with E-state index in [1.807, 2.05) is 0 Å². The quantitative estimate of drug-likeness (QED) is 0.882. The minimum Gasteiger partial charge on any atom is -0.479 e. The topological polar surface area (TPSA) is 92.8 Å². The summed E-state index contributed by atoms with van der Waals surface area (Å²) in [6.07, 6.45) is 0.407. The van der Waals surface area contributed by atoms with Gasteiger partial charge in [-0.2, -0.15) is 0 Å². The van der Waals surface area contributed by atoms with Gasteiger partial charge in [0.1, 0.15) is 12.3 Å². The first-order valence-corrected chi connectivity index (χ1v) is 9.82. The molecular weight excluding hydrogens is 356 g/mol. The average Bonchev–Trinajstić information content (AvgIpc) is 2.58. The summed E-state index contributed by atoms with van der Waals surface area (Å²) in [6, 6.07) is 12.9. The monoisotopic (exact) mass is 374 g/mol. The van der Waals surface area contributed by atoms with Crippen LogP contribution >= 0.6 is 0 Å². The number of para-hydroxylation sites is 2. The van der Waals surface area contributed by atoms with Crippen LogP contribution in [0.4, 0.5) is 11.4 Å². The Labute approximate surface area is 151 Å². The smallest absolute Gasteiger partial charge is 0.268 e. The van der Waals surface area contributed by atoms with Crippen LogP contribution in [-0.4, -0.2) is 39.1 Å². The number of anilines is 2. The number of hydrogen-bond acceptors (Lipinski definition) is 5. The van der Waals surface area contributed by atoms with Crippen molar-refractivity contribution in [3.63, 3.8) is 0 Å². The summed E-state index contributed by atoms with van der Waals surface area (Å²) in [4.78, 5) is 26.3. The molecule has 2 aromatic carbocycles. The highest BCUT2D eigenvalue weighted by Gasteiger charge is 2.32. The number of nitrogens with one attached hydrogen (secondary N) is 1. The Morgan fingerprint density at radius 3 is 2.65 bits per heavy atom. The molecule has 0 aliphatic carbocycles. The van der Waals surface area contributed by atoms with Crippen LogP contribution in [0.3, 0.4) is 0 Å². The van der Waals surface area contributed by atoms with Crippen LogP contribution in [0.25, 0.3) is 0 Å². The Morgan fingerprint density at radius 2 is 1.92 bits per heavy atom. The lowest BCUT2D eigenvalue weighted by Gasteiger charge is -2.32. The zero-order valence-corrected chi connectivity index (χ0v) is 15.1. The highest BCUT2D eigenvalue weighted by molar-refractivity contribution is 7.90. The fraction of sp³-hybridized carbons (Fsp3) is 0.222. The van der Waals surface area contributed by atoms with Crippen molar-refractivity contribution in [2.75, 3.05) is 23.0 Å². The highest BCUT2D eigenvalue weighted by Crippen LogP contribution is 2.33. The van der Waals surface area contributed by atoms with Crippen molar-refractivity contribution in [2.45, 2.75) is 17.9 Å². The molecule has 26 heavy (non-hydrogen) atoms. The molecule has 0 aromatic heterocycles. The second-order valence-electron chi connectivity index (χ2n) is 6.00. The highest BCUT2D eigenvalue weighted by atomic mass is 32.2. The summed E-state index contributed by atoms with van der Waals surface area (Å²) in [6.45, 7) is 1.42. The van der Waals surface area contributed by atoms with Gasteiger partial charge in [0.2, 0.25) is 5.91 Å². The van der Waals surface area contributed by atoms with Gasteiger partial charge in [-0.1, -0.05) is 18.2 Å². The number of rotatable bonds is 4. The largest absolute Gasteiger partial charge is 0.479 e. The van der Waals surface area contributed by atoms with Crippen molar-refractivity contribution in [2.24, 2.45) is 0 Å². The molecular formula is C18H18N2O5S. The molecule has 0 saturated carbocycles. The van der Waals surface area contributed by atoms with Gasteiger partial charge >= 0.3 is 0 Å². The summed E-state index contributed by atoms with van der Waals surface area (Å²) in [5.74, 6) is -0.219. The molecule has 1 N–H and O–H groups in total. The van der Waals surface area contributed by atoms with Crippen LogP contribution in [0.1, 0.15) is 6.92 Å². The van der Waals surface area contributed by atoms with Crippen molar-refractivity contribution in [1.29, 1.82) is 0 Å². The first kappa shape index (κ1) is 17.9. The molecule has 2 aromatic rings. The van der Waals surface area contributed by atoms with Gasteiger partial charge in [0.05, 0.1) is 10.6 Å². The third-order valence-electron chi connectivity index (χ3n) is 3.92. The molecule has 8 heteroatoms. The fourth-order valence-electron chi connectivity index (χ4n) is 2.67. The zero-order chi connectivity index (χ0) is 18.9. The predicted molar refractivity (Wildman–Crippen MR) is 97.1 cm³/mol. The zero-order valence-electron chi connectivity index (χ0n) is 14.3. The maximum atomic E-state index is 12.4. The summed E-state index contributed by atoms with van der Waals surface area (Å²) >= 11 is 0. The number of benzene rings is 2. The predicted octanol–water partition coefficient (Wildman–Crippen LogP) is 1.84. The van der Waals surface area contributed by atoms with Crippen LogP contribution in [0, 0.1) is 0 Å². The first-order chi connectivity index (χ1) is 12.3. The number of ether oxygens (including phenoxy) is 1. The van der Waals surface area contributed by atoms with Gasteiger partial charge in [-0.05, 0) is 37.3 Å².